The van der Waals surface area contributed by atoms with Crippen LogP contribution in [0, 0.1) is 11.6 Å². The average molecular weight is 393 g/mol. The molecule has 1 saturated heterocycles. The summed E-state index contributed by atoms with van der Waals surface area (Å²) in [6.07, 6.45) is 1.82. The highest BCUT2D eigenvalue weighted by Crippen LogP contribution is 2.31. The monoisotopic (exact) mass is 393 g/mol. The second-order valence-electron chi connectivity index (χ2n) is 6.47. The summed E-state index contributed by atoms with van der Waals surface area (Å²) in [7, 11) is 0. The molecule has 27 heavy (non-hydrogen) atoms. The predicted octanol–water partition coefficient (Wildman–Crippen LogP) is 3.47. The summed E-state index contributed by atoms with van der Waals surface area (Å²) < 4.78 is 27.7. The molecule has 0 atom stereocenters. The molecule has 2 heterocycles. The SMILES string of the molecule is CCC(=O)NCc1csc(C2CCN(C(=O)c3c(F)cccc3F)CC2)n1. The van der Waals surface area contributed by atoms with Crippen molar-refractivity contribution >= 4 is 23.2 Å². The van der Waals surface area contributed by atoms with Crippen LogP contribution in [0.25, 0.3) is 0 Å². The molecule has 0 unspecified atom stereocenters. The highest BCUT2D eigenvalue weighted by molar-refractivity contribution is 7.09. The van der Waals surface area contributed by atoms with Crippen LogP contribution in [0.15, 0.2) is 23.6 Å². The number of hydrogen-bond donors (Lipinski definition) is 1. The van der Waals surface area contributed by atoms with Gasteiger partial charge in [0.1, 0.15) is 17.2 Å². The van der Waals surface area contributed by atoms with Crippen LogP contribution < -0.4 is 5.32 Å². The lowest BCUT2D eigenvalue weighted by atomic mass is 9.97. The minimum absolute atomic E-state index is 0.0169. The van der Waals surface area contributed by atoms with Crippen LogP contribution >= 0.6 is 11.3 Å². The fourth-order valence-electron chi connectivity index (χ4n) is 3.10. The zero-order chi connectivity index (χ0) is 19.4. The number of halogens is 2. The van der Waals surface area contributed by atoms with Crippen LogP contribution in [-0.4, -0.2) is 34.8 Å². The van der Waals surface area contributed by atoms with Gasteiger partial charge >= 0.3 is 0 Å². The molecule has 0 saturated carbocycles. The smallest absolute Gasteiger partial charge is 0.259 e. The van der Waals surface area contributed by atoms with Gasteiger partial charge in [0.2, 0.25) is 5.91 Å². The van der Waals surface area contributed by atoms with Crippen molar-refractivity contribution in [2.24, 2.45) is 0 Å². The molecule has 1 N–H and O–H groups in total. The molecule has 3 rings (SSSR count). The van der Waals surface area contributed by atoms with Crippen molar-refractivity contribution < 1.29 is 18.4 Å². The average Bonchev–Trinajstić information content (AvgIpc) is 3.15. The van der Waals surface area contributed by atoms with E-state index in [1.54, 1.807) is 18.3 Å². The summed E-state index contributed by atoms with van der Waals surface area (Å²) in [6.45, 7) is 3.06. The van der Waals surface area contributed by atoms with Crippen molar-refractivity contribution in [2.75, 3.05) is 13.1 Å². The number of nitrogens with zero attached hydrogens (tertiary/aromatic N) is 2. The number of thiazole rings is 1. The van der Waals surface area contributed by atoms with Crippen LogP contribution in [0.3, 0.4) is 0 Å². The van der Waals surface area contributed by atoms with Gasteiger partial charge in [0.25, 0.3) is 5.91 Å². The maximum atomic E-state index is 13.8. The van der Waals surface area contributed by atoms with E-state index in [2.05, 4.69) is 10.3 Å². The Morgan fingerprint density at radius 2 is 1.93 bits per heavy atom. The first-order valence-corrected chi connectivity index (χ1v) is 9.81. The number of aromatic nitrogens is 1. The van der Waals surface area contributed by atoms with Gasteiger partial charge in [0.05, 0.1) is 17.2 Å². The van der Waals surface area contributed by atoms with Crippen molar-refractivity contribution in [1.82, 2.24) is 15.2 Å². The van der Waals surface area contributed by atoms with E-state index < -0.39 is 23.1 Å². The van der Waals surface area contributed by atoms with E-state index in [1.165, 1.54) is 11.0 Å². The van der Waals surface area contributed by atoms with Gasteiger partial charge in [-0.2, -0.15) is 0 Å². The minimum Gasteiger partial charge on any atom is -0.350 e. The summed E-state index contributed by atoms with van der Waals surface area (Å²) in [5.41, 5.74) is 0.336. The van der Waals surface area contributed by atoms with Gasteiger partial charge in [-0.05, 0) is 25.0 Å². The number of rotatable bonds is 5. The van der Waals surface area contributed by atoms with Crippen molar-refractivity contribution in [2.45, 2.75) is 38.6 Å². The number of nitrogens with one attached hydrogen (secondary N) is 1. The number of amides is 2. The van der Waals surface area contributed by atoms with Gasteiger partial charge in [-0.15, -0.1) is 11.3 Å². The third-order valence-electron chi connectivity index (χ3n) is 4.67. The van der Waals surface area contributed by atoms with Gasteiger partial charge in [-0.25, -0.2) is 13.8 Å². The lowest BCUT2D eigenvalue weighted by molar-refractivity contribution is -0.120. The van der Waals surface area contributed by atoms with Gasteiger partial charge in [0.15, 0.2) is 0 Å². The summed E-state index contributed by atoms with van der Waals surface area (Å²) in [4.78, 5) is 29.9. The highest BCUT2D eigenvalue weighted by atomic mass is 32.1. The zero-order valence-corrected chi connectivity index (χ0v) is 15.8. The lowest BCUT2D eigenvalue weighted by Gasteiger charge is -2.31. The molecule has 1 fully saturated rings. The van der Waals surface area contributed by atoms with E-state index in [1.807, 2.05) is 5.38 Å². The molecule has 2 aromatic rings. The van der Waals surface area contributed by atoms with Gasteiger partial charge in [-0.1, -0.05) is 13.0 Å². The minimum atomic E-state index is -0.833. The number of carbonyl (C=O) groups excluding carboxylic acids is 2. The summed E-state index contributed by atoms with van der Waals surface area (Å²) in [5.74, 6) is -2.08. The van der Waals surface area contributed by atoms with Crippen LogP contribution in [0.5, 0.6) is 0 Å². The van der Waals surface area contributed by atoms with E-state index in [0.717, 1.165) is 22.8 Å². The Balaban J connectivity index is 1.58. The standard InChI is InChI=1S/C19H21F2N3O2S/c1-2-16(25)22-10-13-11-27-18(23-13)12-6-8-24(9-7-12)19(26)17-14(20)4-3-5-15(17)21/h3-5,11-12H,2,6-10H2,1H3,(H,22,25). The van der Waals surface area contributed by atoms with Crippen LogP contribution in [-0.2, 0) is 11.3 Å². The molecule has 1 aromatic carbocycles. The first-order valence-electron chi connectivity index (χ1n) is 8.93. The topological polar surface area (TPSA) is 62.3 Å². The zero-order valence-electron chi connectivity index (χ0n) is 15.0. The molecular weight excluding hydrogens is 372 g/mol. The Hall–Kier alpha value is -2.35. The van der Waals surface area contributed by atoms with Gasteiger partial charge < -0.3 is 10.2 Å². The number of piperidine rings is 1. The van der Waals surface area contributed by atoms with Crippen molar-refractivity contribution in [3.8, 4) is 0 Å². The highest BCUT2D eigenvalue weighted by Gasteiger charge is 2.29. The largest absolute Gasteiger partial charge is 0.350 e. The molecule has 2 amide bonds. The van der Waals surface area contributed by atoms with Crippen LogP contribution in [0.2, 0.25) is 0 Å². The Bertz CT molecular complexity index is 812. The molecule has 144 valence electrons. The fraction of sp³-hybridized carbons (Fsp3) is 0.421. The second kappa shape index (κ2) is 8.56. The number of hydrogen-bond acceptors (Lipinski definition) is 4. The van der Waals surface area contributed by atoms with E-state index in [4.69, 9.17) is 0 Å². The van der Waals surface area contributed by atoms with Gasteiger partial charge in [0, 0.05) is 30.8 Å². The summed E-state index contributed by atoms with van der Waals surface area (Å²) in [6, 6.07) is 3.44. The molecule has 0 radical (unpaired) electrons. The van der Waals surface area contributed by atoms with E-state index in [-0.39, 0.29) is 11.8 Å². The molecule has 0 spiro atoms. The molecule has 0 aliphatic carbocycles. The molecule has 0 bridgehead atoms. The molecule has 8 heteroatoms. The first kappa shape index (κ1) is 19.4. The number of carbonyl (C=O) groups is 2. The fourth-order valence-corrected chi connectivity index (χ4v) is 4.09. The third-order valence-corrected chi connectivity index (χ3v) is 5.72. The second-order valence-corrected chi connectivity index (χ2v) is 7.36. The molecule has 1 aliphatic heterocycles. The summed E-state index contributed by atoms with van der Waals surface area (Å²) >= 11 is 1.54. The quantitative estimate of drug-likeness (QED) is 0.846. The predicted molar refractivity (Wildman–Crippen MR) is 98.5 cm³/mol. The molecule has 1 aliphatic rings. The lowest BCUT2D eigenvalue weighted by Crippen LogP contribution is -2.38. The van der Waals surface area contributed by atoms with Crippen molar-refractivity contribution in [1.29, 1.82) is 0 Å². The Morgan fingerprint density at radius 1 is 1.26 bits per heavy atom. The van der Waals surface area contributed by atoms with Crippen LogP contribution in [0.1, 0.15) is 53.2 Å². The summed E-state index contributed by atoms with van der Waals surface area (Å²) in [5, 5.41) is 5.70. The Morgan fingerprint density at radius 3 is 2.56 bits per heavy atom. The Labute approximate surface area is 160 Å². The third kappa shape index (κ3) is 4.50. The van der Waals surface area contributed by atoms with E-state index in [0.29, 0.717) is 38.9 Å². The Kier molecular flexibility index (Phi) is 6.15. The normalized spacial score (nSPS) is 15.0. The van der Waals surface area contributed by atoms with E-state index >= 15 is 0 Å². The molecule has 5 nitrogen and oxygen atoms in total. The van der Waals surface area contributed by atoms with Crippen LogP contribution in [0.4, 0.5) is 8.78 Å². The number of benzene rings is 1. The maximum absolute atomic E-state index is 13.8. The number of likely N-dealkylation sites (tertiary alicyclic amines) is 1. The molecular formula is C19H21F2N3O2S. The van der Waals surface area contributed by atoms with E-state index in [9.17, 15) is 18.4 Å². The van der Waals surface area contributed by atoms with Gasteiger partial charge in [-0.3, -0.25) is 9.59 Å². The van der Waals surface area contributed by atoms with Crippen molar-refractivity contribution in [3.05, 3.63) is 51.5 Å². The first-order chi connectivity index (χ1) is 13.0. The molecule has 1 aromatic heterocycles. The van der Waals surface area contributed by atoms with Crippen molar-refractivity contribution in [3.63, 3.8) is 0 Å². The maximum Gasteiger partial charge on any atom is 0.259 e.